The third-order valence-corrected chi connectivity index (χ3v) is 5.91. The molecule has 5 nitrogen and oxygen atoms in total. The van der Waals surface area contributed by atoms with Crippen molar-refractivity contribution < 1.29 is 17.9 Å². The number of rotatable bonds is 5. The zero-order valence-electron chi connectivity index (χ0n) is 14.6. The van der Waals surface area contributed by atoms with Crippen molar-refractivity contribution in [3.05, 3.63) is 53.1 Å². The summed E-state index contributed by atoms with van der Waals surface area (Å²) in [6, 6.07) is 10.7. The fraction of sp³-hybridized carbons (Fsp3) is 0.316. The summed E-state index contributed by atoms with van der Waals surface area (Å²) >= 11 is 0. The molecule has 0 N–H and O–H groups in total. The second kappa shape index (κ2) is 6.88. The van der Waals surface area contributed by atoms with Gasteiger partial charge in [0.1, 0.15) is 0 Å². The molecule has 1 heterocycles. The fourth-order valence-corrected chi connectivity index (χ4v) is 4.41. The van der Waals surface area contributed by atoms with E-state index in [1.165, 1.54) is 0 Å². The van der Waals surface area contributed by atoms with Gasteiger partial charge in [-0.3, -0.25) is 4.99 Å². The molecular weight excluding hydrogens is 338 g/mol. The number of hydrogen-bond donors (Lipinski definition) is 0. The molecule has 0 aliphatic carbocycles. The van der Waals surface area contributed by atoms with E-state index < -0.39 is 9.84 Å². The van der Waals surface area contributed by atoms with Crippen molar-refractivity contribution in [3.63, 3.8) is 0 Å². The average Bonchev–Trinajstić information content (AvgIpc) is 2.60. The van der Waals surface area contributed by atoms with Crippen molar-refractivity contribution in [3.8, 4) is 11.5 Å². The highest BCUT2D eigenvalue weighted by Gasteiger charge is 2.24. The highest BCUT2D eigenvalue weighted by Crippen LogP contribution is 2.33. The van der Waals surface area contributed by atoms with Gasteiger partial charge in [0.25, 0.3) is 0 Å². The molecule has 1 aliphatic heterocycles. The Balaban J connectivity index is 1.99. The summed E-state index contributed by atoms with van der Waals surface area (Å²) in [6.07, 6.45) is 0.754. The minimum Gasteiger partial charge on any atom is -0.493 e. The van der Waals surface area contributed by atoms with E-state index in [4.69, 9.17) is 9.47 Å². The second-order valence-electron chi connectivity index (χ2n) is 6.02. The Morgan fingerprint density at radius 2 is 1.80 bits per heavy atom. The Morgan fingerprint density at radius 1 is 1.08 bits per heavy atom. The first-order chi connectivity index (χ1) is 11.9. The minimum atomic E-state index is -3.46. The molecule has 0 bridgehead atoms. The lowest BCUT2D eigenvalue weighted by Gasteiger charge is -2.20. The molecule has 3 rings (SSSR count). The van der Waals surface area contributed by atoms with Crippen LogP contribution in [0.15, 0.2) is 46.3 Å². The number of benzene rings is 2. The minimum absolute atomic E-state index is 0.126. The monoisotopic (exact) mass is 359 g/mol. The molecule has 2 aromatic rings. The fourth-order valence-electron chi connectivity index (χ4n) is 2.99. The zero-order valence-corrected chi connectivity index (χ0v) is 15.4. The van der Waals surface area contributed by atoms with Gasteiger partial charge in [0.2, 0.25) is 0 Å². The standard InChI is InChI=1S/C19H21NO4S/c1-13-5-4-6-15(9-13)25(21,22)12-17-16-11-19(24-3)18(23-2)10-14(16)7-8-20-17/h4-6,9-11H,7-8,12H2,1-3H3. The maximum atomic E-state index is 12.8. The molecular formula is C19H21NO4S. The van der Waals surface area contributed by atoms with Crippen LogP contribution in [-0.2, 0) is 16.3 Å². The second-order valence-corrected chi connectivity index (χ2v) is 8.01. The van der Waals surface area contributed by atoms with E-state index in [0.717, 1.165) is 23.1 Å². The molecule has 2 aromatic carbocycles. The molecule has 0 saturated heterocycles. The summed E-state index contributed by atoms with van der Waals surface area (Å²) in [5.41, 5.74) is 3.34. The molecule has 0 radical (unpaired) electrons. The van der Waals surface area contributed by atoms with Gasteiger partial charge in [0, 0.05) is 12.1 Å². The van der Waals surface area contributed by atoms with Crippen LogP contribution >= 0.6 is 0 Å². The number of aryl methyl sites for hydroxylation is 1. The van der Waals surface area contributed by atoms with Crippen LogP contribution < -0.4 is 9.47 Å². The van der Waals surface area contributed by atoms with Crippen LogP contribution in [0, 0.1) is 6.92 Å². The lowest BCUT2D eigenvalue weighted by atomic mass is 9.97. The van der Waals surface area contributed by atoms with E-state index >= 15 is 0 Å². The van der Waals surface area contributed by atoms with E-state index in [2.05, 4.69) is 4.99 Å². The molecule has 25 heavy (non-hydrogen) atoms. The molecule has 0 fully saturated rings. The third-order valence-electron chi connectivity index (χ3n) is 4.28. The molecule has 0 spiro atoms. The molecule has 0 saturated carbocycles. The summed E-state index contributed by atoms with van der Waals surface area (Å²) in [4.78, 5) is 4.80. The van der Waals surface area contributed by atoms with Crippen LogP contribution in [0.25, 0.3) is 0 Å². The zero-order chi connectivity index (χ0) is 18.0. The van der Waals surface area contributed by atoms with Crippen molar-refractivity contribution in [2.24, 2.45) is 4.99 Å². The quantitative estimate of drug-likeness (QED) is 0.823. The Bertz CT molecular complexity index is 932. The summed E-state index contributed by atoms with van der Waals surface area (Å²) in [7, 11) is -0.313. The first-order valence-corrected chi connectivity index (χ1v) is 9.68. The summed E-state index contributed by atoms with van der Waals surface area (Å²) in [6.45, 7) is 2.45. The highest BCUT2D eigenvalue weighted by atomic mass is 32.2. The van der Waals surface area contributed by atoms with Gasteiger partial charge in [-0.25, -0.2) is 8.42 Å². The van der Waals surface area contributed by atoms with Crippen molar-refractivity contribution in [1.82, 2.24) is 0 Å². The lowest BCUT2D eigenvalue weighted by molar-refractivity contribution is 0.354. The largest absolute Gasteiger partial charge is 0.493 e. The number of ether oxygens (including phenoxy) is 2. The number of hydrogen-bond acceptors (Lipinski definition) is 5. The van der Waals surface area contributed by atoms with Gasteiger partial charge in [-0.2, -0.15) is 0 Å². The van der Waals surface area contributed by atoms with Crippen molar-refractivity contribution in [1.29, 1.82) is 0 Å². The molecule has 0 unspecified atom stereocenters. The first-order valence-electron chi connectivity index (χ1n) is 8.02. The Kier molecular flexibility index (Phi) is 4.81. The Morgan fingerprint density at radius 3 is 2.48 bits per heavy atom. The predicted octanol–water partition coefficient (Wildman–Crippen LogP) is 2.83. The van der Waals surface area contributed by atoms with Gasteiger partial charge in [0.05, 0.1) is 30.6 Å². The number of fused-ring (bicyclic) bond motifs is 1. The highest BCUT2D eigenvalue weighted by molar-refractivity contribution is 7.92. The molecule has 132 valence electrons. The molecule has 0 amide bonds. The maximum absolute atomic E-state index is 12.8. The molecule has 0 aromatic heterocycles. The normalized spacial score (nSPS) is 13.8. The van der Waals surface area contributed by atoms with Gasteiger partial charge >= 0.3 is 0 Å². The number of methoxy groups -OCH3 is 2. The van der Waals surface area contributed by atoms with Crippen LogP contribution in [-0.4, -0.2) is 40.6 Å². The molecule has 0 atom stereocenters. The van der Waals surface area contributed by atoms with Crippen molar-refractivity contribution >= 4 is 15.5 Å². The number of aliphatic imine (C=N–C) groups is 1. The maximum Gasteiger partial charge on any atom is 0.184 e. The van der Waals surface area contributed by atoms with Crippen LogP contribution in [0.1, 0.15) is 16.7 Å². The van der Waals surface area contributed by atoms with Crippen LogP contribution in [0.4, 0.5) is 0 Å². The van der Waals surface area contributed by atoms with E-state index in [1.807, 2.05) is 25.1 Å². The van der Waals surface area contributed by atoms with Crippen LogP contribution in [0.5, 0.6) is 11.5 Å². The first kappa shape index (κ1) is 17.5. The predicted molar refractivity (Wildman–Crippen MR) is 97.9 cm³/mol. The molecule has 6 heteroatoms. The van der Waals surface area contributed by atoms with E-state index in [-0.39, 0.29) is 5.75 Å². The molecule has 1 aliphatic rings. The lowest BCUT2D eigenvalue weighted by Crippen LogP contribution is -2.22. The Labute approximate surface area is 148 Å². The SMILES string of the molecule is COc1cc2c(cc1OC)C(CS(=O)(=O)c1cccc(C)c1)=NCC2. The van der Waals surface area contributed by atoms with E-state index in [9.17, 15) is 8.42 Å². The van der Waals surface area contributed by atoms with Crippen molar-refractivity contribution in [2.75, 3.05) is 26.5 Å². The van der Waals surface area contributed by atoms with Gasteiger partial charge < -0.3 is 9.47 Å². The summed E-state index contributed by atoms with van der Waals surface area (Å²) in [5.74, 6) is 1.09. The summed E-state index contributed by atoms with van der Waals surface area (Å²) < 4.78 is 36.3. The van der Waals surface area contributed by atoms with Crippen LogP contribution in [0.2, 0.25) is 0 Å². The number of nitrogens with zero attached hydrogens (tertiary/aromatic N) is 1. The van der Waals surface area contributed by atoms with E-state index in [1.54, 1.807) is 32.4 Å². The summed E-state index contributed by atoms with van der Waals surface area (Å²) in [5, 5.41) is 0. The Hall–Kier alpha value is -2.34. The third kappa shape index (κ3) is 3.54. The average molecular weight is 359 g/mol. The van der Waals surface area contributed by atoms with Gasteiger partial charge in [0.15, 0.2) is 21.3 Å². The van der Waals surface area contributed by atoms with Crippen LogP contribution in [0.3, 0.4) is 0 Å². The van der Waals surface area contributed by atoms with Gasteiger partial charge in [-0.05, 0) is 48.7 Å². The smallest absolute Gasteiger partial charge is 0.184 e. The van der Waals surface area contributed by atoms with Gasteiger partial charge in [-0.1, -0.05) is 12.1 Å². The number of sulfone groups is 1. The van der Waals surface area contributed by atoms with E-state index in [0.29, 0.717) is 28.7 Å². The van der Waals surface area contributed by atoms with Gasteiger partial charge in [-0.15, -0.1) is 0 Å². The van der Waals surface area contributed by atoms with Crippen molar-refractivity contribution in [2.45, 2.75) is 18.2 Å². The topological polar surface area (TPSA) is 65.0 Å².